The van der Waals surface area contributed by atoms with E-state index >= 15 is 0 Å². The first-order chi connectivity index (χ1) is 5.58. The second kappa shape index (κ2) is 3.71. The van der Waals surface area contributed by atoms with Gasteiger partial charge >= 0.3 is 6.61 Å². The van der Waals surface area contributed by atoms with Gasteiger partial charge in [-0.15, -0.1) is 0 Å². The molecule has 1 aromatic rings. The van der Waals surface area contributed by atoms with Crippen molar-refractivity contribution in [1.29, 1.82) is 0 Å². The van der Waals surface area contributed by atoms with E-state index in [-0.39, 0.29) is 11.5 Å². The number of phenols is 1. The average Bonchev–Trinajstić information content (AvgIpc) is 1.81. The lowest BCUT2D eigenvalue weighted by Crippen LogP contribution is -2.01. The third-order valence-electron chi connectivity index (χ3n) is 1.08. The van der Waals surface area contributed by atoms with E-state index in [1.54, 1.807) is 0 Å². The number of hydrogen-bond acceptors (Lipinski definition) is 2. The van der Waals surface area contributed by atoms with Crippen molar-refractivity contribution in [2.24, 2.45) is 0 Å². The lowest BCUT2D eigenvalue weighted by Gasteiger charge is -2.04. The highest BCUT2D eigenvalue weighted by atomic mass is 79.9. The maximum atomic E-state index is 11.7. The molecule has 0 heterocycles. The highest BCUT2D eigenvalue weighted by Crippen LogP contribution is 2.26. The summed E-state index contributed by atoms with van der Waals surface area (Å²) < 4.78 is 27.9. The monoisotopic (exact) mass is 238 g/mol. The minimum Gasteiger partial charge on any atom is -0.508 e. The zero-order valence-corrected chi connectivity index (χ0v) is 7.38. The van der Waals surface area contributed by atoms with Gasteiger partial charge < -0.3 is 9.84 Å². The van der Waals surface area contributed by atoms with Crippen molar-refractivity contribution in [3.63, 3.8) is 0 Å². The molecular weight excluding hydrogens is 234 g/mol. The maximum absolute atomic E-state index is 11.7. The van der Waals surface area contributed by atoms with Crippen LogP contribution in [0.1, 0.15) is 0 Å². The van der Waals surface area contributed by atoms with E-state index in [1.807, 2.05) is 0 Å². The molecule has 0 spiro atoms. The van der Waals surface area contributed by atoms with Gasteiger partial charge in [-0.25, -0.2) is 0 Å². The molecule has 0 saturated carbocycles. The van der Waals surface area contributed by atoms with Crippen molar-refractivity contribution in [1.82, 2.24) is 0 Å². The highest BCUT2D eigenvalue weighted by molar-refractivity contribution is 9.10. The molecule has 0 aliphatic rings. The zero-order valence-electron chi connectivity index (χ0n) is 5.80. The summed E-state index contributed by atoms with van der Waals surface area (Å²) in [5.41, 5.74) is 0. The molecule has 0 radical (unpaired) electrons. The molecule has 5 heteroatoms. The molecule has 0 aliphatic heterocycles. The molecule has 66 valence electrons. The quantitative estimate of drug-likeness (QED) is 0.859. The summed E-state index contributed by atoms with van der Waals surface area (Å²) in [4.78, 5) is 0. The van der Waals surface area contributed by atoms with E-state index < -0.39 is 6.61 Å². The Morgan fingerprint density at radius 2 is 2.00 bits per heavy atom. The molecule has 0 amide bonds. The third-order valence-corrected chi connectivity index (χ3v) is 1.54. The number of hydrogen-bond donors (Lipinski definition) is 1. The molecule has 1 N–H and O–H groups in total. The molecule has 0 unspecified atom stereocenters. The summed E-state index contributed by atoms with van der Waals surface area (Å²) in [6.45, 7) is -2.88. The smallest absolute Gasteiger partial charge is 0.387 e. The summed E-state index contributed by atoms with van der Waals surface area (Å²) in [5.74, 6) is -0.197. The van der Waals surface area contributed by atoms with Gasteiger partial charge in [0.15, 0.2) is 0 Å². The Hall–Kier alpha value is -0.840. The van der Waals surface area contributed by atoms with Crippen LogP contribution in [0.25, 0.3) is 0 Å². The Morgan fingerprint density at radius 3 is 2.50 bits per heavy atom. The number of ether oxygens (including phenoxy) is 1. The number of benzene rings is 1. The normalized spacial score (nSPS) is 10.3. The number of alkyl halides is 2. The zero-order chi connectivity index (χ0) is 9.14. The molecule has 1 aromatic carbocycles. The van der Waals surface area contributed by atoms with Crippen molar-refractivity contribution >= 4 is 15.9 Å². The molecule has 12 heavy (non-hydrogen) atoms. The van der Waals surface area contributed by atoms with E-state index in [0.717, 1.165) is 6.07 Å². The van der Waals surface area contributed by atoms with Crippen molar-refractivity contribution < 1.29 is 18.6 Å². The van der Waals surface area contributed by atoms with Gasteiger partial charge in [0.2, 0.25) is 0 Å². The van der Waals surface area contributed by atoms with Crippen LogP contribution in [0, 0.1) is 0 Å². The predicted molar refractivity (Wildman–Crippen MR) is 42.4 cm³/mol. The predicted octanol–water partition coefficient (Wildman–Crippen LogP) is 2.76. The first kappa shape index (κ1) is 9.25. The standard InChI is InChI=1S/C7H5BrF2O2/c8-4-1-5(11)3-6(2-4)12-7(9)10/h1-3,7,11H. The van der Waals surface area contributed by atoms with Crippen molar-refractivity contribution in [2.45, 2.75) is 6.61 Å². The van der Waals surface area contributed by atoms with Gasteiger partial charge in [0.1, 0.15) is 11.5 Å². The van der Waals surface area contributed by atoms with Crippen LogP contribution in [-0.2, 0) is 0 Å². The van der Waals surface area contributed by atoms with E-state index in [9.17, 15) is 8.78 Å². The van der Waals surface area contributed by atoms with Crippen molar-refractivity contribution in [2.75, 3.05) is 0 Å². The molecule has 0 saturated heterocycles. The Balaban J connectivity index is 2.85. The maximum Gasteiger partial charge on any atom is 0.387 e. The molecule has 1 rings (SSSR count). The molecule has 2 nitrogen and oxygen atoms in total. The van der Waals surface area contributed by atoms with E-state index in [0.29, 0.717) is 4.47 Å². The first-order valence-electron chi connectivity index (χ1n) is 3.02. The molecule has 0 aromatic heterocycles. The summed E-state index contributed by atoms with van der Waals surface area (Å²) in [6, 6.07) is 3.82. The SMILES string of the molecule is Oc1cc(Br)cc(OC(F)F)c1. The van der Waals surface area contributed by atoms with Crippen molar-refractivity contribution in [3.05, 3.63) is 22.7 Å². The fraction of sp³-hybridized carbons (Fsp3) is 0.143. The van der Waals surface area contributed by atoms with Gasteiger partial charge in [0.05, 0.1) is 0 Å². The molecule has 0 aliphatic carbocycles. The Kier molecular flexibility index (Phi) is 2.86. The van der Waals surface area contributed by atoms with Gasteiger partial charge in [-0.1, -0.05) is 15.9 Å². The largest absolute Gasteiger partial charge is 0.508 e. The van der Waals surface area contributed by atoms with Crippen molar-refractivity contribution in [3.8, 4) is 11.5 Å². The van der Waals surface area contributed by atoms with Crippen LogP contribution < -0.4 is 4.74 Å². The number of rotatable bonds is 2. The van der Waals surface area contributed by atoms with E-state index in [4.69, 9.17) is 5.11 Å². The Morgan fingerprint density at radius 1 is 1.33 bits per heavy atom. The number of aromatic hydroxyl groups is 1. The fourth-order valence-electron chi connectivity index (χ4n) is 0.719. The van der Waals surface area contributed by atoms with Gasteiger partial charge in [-0.05, 0) is 12.1 Å². The summed E-state index contributed by atoms with van der Waals surface area (Å²) in [7, 11) is 0. The summed E-state index contributed by atoms with van der Waals surface area (Å²) >= 11 is 3.02. The van der Waals surface area contributed by atoms with Crippen LogP contribution in [-0.4, -0.2) is 11.7 Å². The minimum atomic E-state index is -2.88. The molecule has 0 fully saturated rings. The molecule has 0 bridgehead atoms. The number of phenolic OH excluding ortho intramolecular Hbond substituents is 1. The van der Waals surface area contributed by atoms with Gasteiger partial charge in [0.25, 0.3) is 0 Å². The van der Waals surface area contributed by atoms with E-state index in [2.05, 4.69) is 20.7 Å². The van der Waals surface area contributed by atoms with Crippen LogP contribution in [0.3, 0.4) is 0 Å². The van der Waals surface area contributed by atoms with Crippen LogP contribution >= 0.6 is 15.9 Å². The summed E-state index contributed by atoms with van der Waals surface area (Å²) in [5, 5.41) is 8.95. The van der Waals surface area contributed by atoms with E-state index in [1.165, 1.54) is 12.1 Å². The molecular formula is C7H5BrF2O2. The van der Waals surface area contributed by atoms with Gasteiger partial charge in [-0.2, -0.15) is 8.78 Å². The Bertz CT molecular complexity index is 258. The average molecular weight is 239 g/mol. The van der Waals surface area contributed by atoms with Gasteiger partial charge in [0, 0.05) is 10.5 Å². The first-order valence-corrected chi connectivity index (χ1v) is 3.81. The number of halogens is 3. The lowest BCUT2D eigenvalue weighted by atomic mass is 10.3. The molecule has 0 atom stereocenters. The van der Waals surface area contributed by atoms with Gasteiger partial charge in [-0.3, -0.25) is 0 Å². The third kappa shape index (κ3) is 2.65. The van der Waals surface area contributed by atoms with Crippen LogP contribution in [0.15, 0.2) is 22.7 Å². The van der Waals surface area contributed by atoms with Crippen LogP contribution in [0.2, 0.25) is 0 Å². The lowest BCUT2D eigenvalue weighted by molar-refractivity contribution is -0.0499. The summed E-state index contributed by atoms with van der Waals surface area (Å²) in [6.07, 6.45) is 0. The van der Waals surface area contributed by atoms with Crippen LogP contribution in [0.5, 0.6) is 11.5 Å². The minimum absolute atomic E-state index is 0.0723. The highest BCUT2D eigenvalue weighted by Gasteiger charge is 2.05. The second-order valence-electron chi connectivity index (χ2n) is 2.02. The Labute approximate surface area is 75.9 Å². The fourth-order valence-corrected chi connectivity index (χ4v) is 1.18. The van der Waals surface area contributed by atoms with Crippen LogP contribution in [0.4, 0.5) is 8.78 Å². The topological polar surface area (TPSA) is 29.5 Å². The second-order valence-corrected chi connectivity index (χ2v) is 2.94.